The molecule has 0 atom stereocenters. The van der Waals surface area contributed by atoms with Gasteiger partial charge in [0.25, 0.3) is 0 Å². The first-order valence-corrected chi connectivity index (χ1v) is 11.4. The lowest BCUT2D eigenvalue weighted by Crippen LogP contribution is -2.56. The van der Waals surface area contributed by atoms with E-state index in [4.69, 9.17) is 0 Å². The van der Waals surface area contributed by atoms with Crippen LogP contribution in [0.2, 0.25) is 0 Å². The molecule has 33 heavy (non-hydrogen) atoms. The van der Waals surface area contributed by atoms with Gasteiger partial charge in [-0.2, -0.15) is 0 Å². The van der Waals surface area contributed by atoms with E-state index in [-0.39, 0.29) is 11.9 Å². The largest absolute Gasteiger partial charge is 0.338 e. The van der Waals surface area contributed by atoms with E-state index >= 15 is 0 Å². The molecule has 3 aromatic carbocycles. The molecule has 170 valence electrons. The van der Waals surface area contributed by atoms with Gasteiger partial charge < -0.3 is 14.7 Å². The summed E-state index contributed by atoms with van der Waals surface area (Å²) in [7, 11) is 1.83. The van der Waals surface area contributed by atoms with Crippen LogP contribution in [0.3, 0.4) is 0 Å². The second kappa shape index (κ2) is 9.90. The van der Waals surface area contributed by atoms with Crippen molar-refractivity contribution in [1.82, 2.24) is 14.7 Å². The monoisotopic (exact) mass is 441 g/mol. The Bertz CT molecular complexity index is 1020. The van der Waals surface area contributed by atoms with Crippen molar-refractivity contribution in [2.24, 2.45) is 0 Å². The Morgan fingerprint density at radius 1 is 0.727 bits per heavy atom. The van der Waals surface area contributed by atoms with Gasteiger partial charge in [-0.1, -0.05) is 91.0 Å². The predicted octanol–water partition coefficient (Wildman–Crippen LogP) is 4.39. The van der Waals surface area contributed by atoms with Crippen LogP contribution in [-0.4, -0.2) is 59.9 Å². The number of hydrogen-bond acceptors (Lipinski definition) is 2. The lowest BCUT2D eigenvalue weighted by Gasteiger charge is -2.41. The molecule has 1 aliphatic heterocycles. The van der Waals surface area contributed by atoms with E-state index in [0.717, 1.165) is 16.7 Å². The Kier molecular flexibility index (Phi) is 6.78. The van der Waals surface area contributed by atoms with Gasteiger partial charge in [-0.3, -0.25) is 4.79 Å². The zero-order chi connectivity index (χ0) is 23.3. The summed E-state index contributed by atoms with van der Waals surface area (Å²) >= 11 is 0. The van der Waals surface area contributed by atoms with Crippen LogP contribution in [0.1, 0.15) is 23.6 Å². The fraction of sp³-hybridized carbons (Fsp3) is 0.286. The smallest absolute Gasteiger partial charge is 0.320 e. The second-order valence-corrected chi connectivity index (χ2v) is 8.76. The molecule has 0 N–H and O–H groups in total. The molecular weight excluding hydrogens is 410 g/mol. The Balaban J connectivity index is 1.46. The van der Waals surface area contributed by atoms with Crippen LogP contribution in [0.15, 0.2) is 91.0 Å². The highest BCUT2D eigenvalue weighted by Gasteiger charge is 2.41. The average Bonchev–Trinajstić information content (AvgIpc) is 2.89. The van der Waals surface area contributed by atoms with Gasteiger partial charge in [0.05, 0.1) is 5.41 Å². The highest BCUT2D eigenvalue weighted by molar-refractivity contribution is 5.92. The van der Waals surface area contributed by atoms with Crippen molar-refractivity contribution in [3.63, 3.8) is 0 Å². The summed E-state index contributed by atoms with van der Waals surface area (Å²) in [5, 5.41) is 0. The van der Waals surface area contributed by atoms with Crippen molar-refractivity contribution < 1.29 is 9.59 Å². The quantitative estimate of drug-likeness (QED) is 0.590. The van der Waals surface area contributed by atoms with Crippen molar-refractivity contribution in [2.75, 3.05) is 33.2 Å². The predicted molar refractivity (Wildman–Crippen MR) is 131 cm³/mol. The maximum atomic E-state index is 13.9. The number of hydrogen-bond donors (Lipinski definition) is 0. The summed E-state index contributed by atoms with van der Waals surface area (Å²) in [5.74, 6) is 0.0737. The van der Waals surface area contributed by atoms with Crippen LogP contribution in [0.4, 0.5) is 4.79 Å². The van der Waals surface area contributed by atoms with E-state index in [0.29, 0.717) is 32.7 Å². The van der Waals surface area contributed by atoms with Gasteiger partial charge in [0.2, 0.25) is 5.91 Å². The standard InChI is InChI=1S/C28H31N3O2/c1-28(24-14-8-4-9-15-24,25-16-10-5-11-17-25)26(32)30-18-20-31(21-19-30)27(33)29(2)22-23-12-6-3-7-13-23/h3-17H,18-22H2,1-2H3. The highest BCUT2D eigenvalue weighted by Crippen LogP contribution is 2.34. The fourth-order valence-electron chi connectivity index (χ4n) is 4.54. The zero-order valence-corrected chi connectivity index (χ0v) is 19.4. The molecule has 0 saturated carbocycles. The van der Waals surface area contributed by atoms with E-state index < -0.39 is 5.41 Å². The molecule has 1 aliphatic rings. The fourth-order valence-corrected chi connectivity index (χ4v) is 4.54. The molecule has 0 aliphatic carbocycles. The maximum Gasteiger partial charge on any atom is 0.320 e. The third-order valence-electron chi connectivity index (χ3n) is 6.56. The molecule has 0 bridgehead atoms. The third kappa shape index (κ3) is 4.77. The molecule has 0 aromatic heterocycles. The summed E-state index contributed by atoms with van der Waals surface area (Å²) in [6, 6.07) is 29.9. The van der Waals surface area contributed by atoms with E-state index in [1.54, 1.807) is 4.90 Å². The molecule has 0 radical (unpaired) electrons. The summed E-state index contributed by atoms with van der Waals surface area (Å²) in [6.45, 7) is 4.69. The second-order valence-electron chi connectivity index (χ2n) is 8.76. The SMILES string of the molecule is CN(Cc1ccccc1)C(=O)N1CCN(C(=O)C(C)(c2ccccc2)c2ccccc2)CC1. The number of urea groups is 1. The molecule has 3 amide bonds. The van der Waals surface area contributed by atoms with Crippen LogP contribution in [-0.2, 0) is 16.8 Å². The summed E-state index contributed by atoms with van der Waals surface area (Å²) in [5.41, 5.74) is 2.27. The minimum atomic E-state index is -0.779. The minimum Gasteiger partial charge on any atom is -0.338 e. The number of amides is 3. The van der Waals surface area contributed by atoms with Crippen molar-refractivity contribution >= 4 is 11.9 Å². The summed E-state index contributed by atoms with van der Waals surface area (Å²) < 4.78 is 0. The molecule has 4 rings (SSSR count). The van der Waals surface area contributed by atoms with Crippen LogP contribution in [0.5, 0.6) is 0 Å². The lowest BCUT2D eigenvalue weighted by molar-refractivity contribution is -0.136. The Labute approximate surface area is 196 Å². The third-order valence-corrected chi connectivity index (χ3v) is 6.56. The van der Waals surface area contributed by atoms with Crippen LogP contribution < -0.4 is 0 Å². The van der Waals surface area contributed by atoms with Crippen molar-refractivity contribution in [3.05, 3.63) is 108 Å². The topological polar surface area (TPSA) is 43.9 Å². The van der Waals surface area contributed by atoms with Crippen LogP contribution in [0.25, 0.3) is 0 Å². The minimum absolute atomic E-state index is 0.000155. The van der Waals surface area contributed by atoms with Gasteiger partial charge in [0.1, 0.15) is 0 Å². The van der Waals surface area contributed by atoms with Crippen molar-refractivity contribution in [2.45, 2.75) is 18.9 Å². The van der Waals surface area contributed by atoms with Gasteiger partial charge in [0.15, 0.2) is 0 Å². The molecule has 0 unspecified atom stereocenters. The van der Waals surface area contributed by atoms with Crippen LogP contribution in [0, 0.1) is 0 Å². The molecule has 3 aromatic rings. The maximum absolute atomic E-state index is 13.9. The molecule has 1 saturated heterocycles. The summed E-state index contributed by atoms with van der Waals surface area (Å²) in [6.07, 6.45) is 0. The first-order valence-electron chi connectivity index (χ1n) is 11.4. The first kappa shape index (κ1) is 22.6. The van der Waals surface area contributed by atoms with Gasteiger partial charge in [-0.15, -0.1) is 0 Å². The number of carbonyl (C=O) groups is 2. The molecular formula is C28H31N3O2. The molecule has 0 spiro atoms. The molecule has 5 nitrogen and oxygen atoms in total. The molecule has 5 heteroatoms. The van der Waals surface area contributed by atoms with E-state index in [1.165, 1.54) is 0 Å². The van der Waals surface area contributed by atoms with Crippen LogP contribution >= 0.6 is 0 Å². The normalized spacial score (nSPS) is 14.1. The van der Waals surface area contributed by atoms with E-state index in [2.05, 4.69) is 0 Å². The van der Waals surface area contributed by atoms with Crippen molar-refractivity contribution in [3.8, 4) is 0 Å². The number of rotatable bonds is 5. The molecule has 1 fully saturated rings. The van der Waals surface area contributed by atoms with Crippen molar-refractivity contribution in [1.29, 1.82) is 0 Å². The average molecular weight is 442 g/mol. The summed E-state index contributed by atoms with van der Waals surface area (Å²) in [4.78, 5) is 32.3. The van der Waals surface area contributed by atoms with E-state index in [9.17, 15) is 9.59 Å². The Hall–Kier alpha value is -3.60. The molecule has 1 heterocycles. The number of benzene rings is 3. The number of carbonyl (C=O) groups excluding carboxylic acids is 2. The van der Waals surface area contributed by atoms with Gasteiger partial charge >= 0.3 is 6.03 Å². The lowest BCUT2D eigenvalue weighted by atomic mass is 9.75. The first-order chi connectivity index (χ1) is 16.0. The number of piperazine rings is 1. The van der Waals surface area contributed by atoms with E-state index in [1.807, 2.05) is 115 Å². The number of nitrogens with zero attached hydrogens (tertiary/aromatic N) is 3. The van der Waals surface area contributed by atoms with Gasteiger partial charge in [-0.25, -0.2) is 4.79 Å². The zero-order valence-electron chi connectivity index (χ0n) is 19.4. The Morgan fingerprint density at radius 2 is 1.15 bits per heavy atom. The Morgan fingerprint density at radius 3 is 1.64 bits per heavy atom. The highest BCUT2D eigenvalue weighted by atomic mass is 16.2. The van der Waals surface area contributed by atoms with Gasteiger partial charge in [-0.05, 0) is 23.6 Å². The van der Waals surface area contributed by atoms with Gasteiger partial charge in [0, 0.05) is 39.8 Å².